The first-order chi connectivity index (χ1) is 10.3. The number of amides is 1. The predicted molar refractivity (Wildman–Crippen MR) is 81.0 cm³/mol. The molecule has 4 heteroatoms. The summed E-state index contributed by atoms with van der Waals surface area (Å²) in [5, 5.41) is 2.75. The van der Waals surface area contributed by atoms with Gasteiger partial charge in [-0.1, -0.05) is 48.5 Å². The Hall–Kier alpha value is -2.33. The Balaban J connectivity index is 1.53. The Morgan fingerprint density at radius 2 is 1.62 bits per heavy atom. The average molecular weight is 285 g/mol. The standard InChI is InChI=1S/C17H19NO3/c19-17(14-21-16-9-5-2-6-10-16)18-11-12-20-13-15-7-3-1-4-8-15/h1-10H,11-14H2,(H,18,19). The van der Waals surface area contributed by atoms with Crippen molar-refractivity contribution in [1.29, 1.82) is 0 Å². The molecule has 1 amide bonds. The Labute approximate surface area is 124 Å². The van der Waals surface area contributed by atoms with Crippen molar-refractivity contribution in [2.24, 2.45) is 0 Å². The van der Waals surface area contributed by atoms with Crippen molar-refractivity contribution in [1.82, 2.24) is 5.32 Å². The summed E-state index contributed by atoms with van der Waals surface area (Å²) in [6, 6.07) is 19.2. The van der Waals surface area contributed by atoms with Gasteiger partial charge in [0.25, 0.3) is 5.91 Å². The van der Waals surface area contributed by atoms with Crippen LogP contribution in [0.3, 0.4) is 0 Å². The molecule has 2 rings (SSSR count). The smallest absolute Gasteiger partial charge is 0.258 e. The van der Waals surface area contributed by atoms with Gasteiger partial charge in [-0.3, -0.25) is 4.79 Å². The third-order valence-corrected chi connectivity index (χ3v) is 2.79. The Kier molecular flexibility index (Phi) is 6.29. The number of ether oxygens (including phenoxy) is 2. The number of rotatable bonds is 8. The van der Waals surface area contributed by atoms with Crippen molar-refractivity contribution in [2.75, 3.05) is 19.8 Å². The lowest BCUT2D eigenvalue weighted by Crippen LogP contribution is -2.31. The van der Waals surface area contributed by atoms with Gasteiger partial charge < -0.3 is 14.8 Å². The average Bonchev–Trinajstić information content (AvgIpc) is 2.54. The van der Waals surface area contributed by atoms with E-state index in [9.17, 15) is 4.79 Å². The van der Waals surface area contributed by atoms with Crippen LogP contribution in [0, 0.1) is 0 Å². The van der Waals surface area contributed by atoms with E-state index in [1.807, 2.05) is 60.7 Å². The van der Waals surface area contributed by atoms with E-state index in [4.69, 9.17) is 9.47 Å². The van der Waals surface area contributed by atoms with E-state index in [0.29, 0.717) is 25.5 Å². The Morgan fingerprint density at radius 1 is 0.952 bits per heavy atom. The maximum absolute atomic E-state index is 11.6. The number of carbonyl (C=O) groups excluding carboxylic acids is 1. The molecule has 110 valence electrons. The summed E-state index contributed by atoms with van der Waals surface area (Å²) in [7, 11) is 0. The van der Waals surface area contributed by atoms with E-state index in [1.54, 1.807) is 0 Å². The van der Waals surface area contributed by atoms with Gasteiger partial charge in [0, 0.05) is 6.54 Å². The van der Waals surface area contributed by atoms with E-state index < -0.39 is 0 Å². The van der Waals surface area contributed by atoms with Crippen molar-refractivity contribution >= 4 is 5.91 Å². The van der Waals surface area contributed by atoms with E-state index >= 15 is 0 Å². The summed E-state index contributed by atoms with van der Waals surface area (Å²) < 4.78 is 10.8. The highest BCUT2D eigenvalue weighted by Crippen LogP contribution is 2.07. The largest absolute Gasteiger partial charge is 0.484 e. The number of nitrogens with one attached hydrogen (secondary N) is 1. The Morgan fingerprint density at radius 3 is 2.33 bits per heavy atom. The molecule has 0 aliphatic carbocycles. The van der Waals surface area contributed by atoms with Crippen LogP contribution in [0.5, 0.6) is 5.75 Å². The normalized spacial score (nSPS) is 10.1. The molecule has 2 aromatic carbocycles. The van der Waals surface area contributed by atoms with Gasteiger partial charge in [0.2, 0.25) is 0 Å². The van der Waals surface area contributed by atoms with Crippen LogP contribution in [0.25, 0.3) is 0 Å². The minimum absolute atomic E-state index is 0.0166. The van der Waals surface area contributed by atoms with Crippen LogP contribution in [0.4, 0.5) is 0 Å². The molecule has 1 N–H and O–H groups in total. The van der Waals surface area contributed by atoms with Gasteiger partial charge >= 0.3 is 0 Å². The molecule has 0 bridgehead atoms. The number of benzene rings is 2. The summed E-state index contributed by atoms with van der Waals surface area (Å²) in [4.78, 5) is 11.6. The highest BCUT2D eigenvalue weighted by atomic mass is 16.5. The van der Waals surface area contributed by atoms with Crippen molar-refractivity contribution < 1.29 is 14.3 Å². The number of para-hydroxylation sites is 1. The van der Waals surface area contributed by atoms with Gasteiger partial charge in [-0.25, -0.2) is 0 Å². The van der Waals surface area contributed by atoms with Crippen LogP contribution in [0.2, 0.25) is 0 Å². The van der Waals surface area contributed by atoms with Crippen LogP contribution in [-0.4, -0.2) is 25.7 Å². The van der Waals surface area contributed by atoms with E-state index in [-0.39, 0.29) is 12.5 Å². The van der Waals surface area contributed by atoms with Crippen LogP contribution in [0.15, 0.2) is 60.7 Å². The summed E-state index contributed by atoms with van der Waals surface area (Å²) >= 11 is 0. The molecule has 2 aromatic rings. The minimum Gasteiger partial charge on any atom is -0.484 e. The third-order valence-electron chi connectivity index (χ3n) is 2.79. The van der Waals surface area contributed by atoms with Gasteiger partial charge in [0.1, 0.15) is 5.75 Å². The number of hydrogen-bond acceptors (Lipinski definition) is 3. The van der Waals surface area contributed by atoms with E-state index in [0.717, 1.165) is 5.56 Å². The van der Waals surface area contributed by atoms with Crippen molar-refractivity contribution in [2.45, 2.75) is 6.61 Å². The maximum atomic E-state index is 11.6. The second-order valence-corrected chi connectivity index (χ2v) is 4.49. The van der Waals surface area contributed by atoms with Crippen molar-refractivity contribution in [3.05, 3.63) is 66.2 Å². The summed E-state index contributed by atoms with van der Waals surface area (Å²) in [5.74, 6) is 0.537. The van der Waals surface area contributed by atoms with Gasteiger partial charge in [0.05, 0.1) is 13.2 Å². The second-order valence-electron chi connectivity index (χ2n) is 4.49. The fraction of sp³-hybridized carbons (Fsp3) is 0.235. The lowest BCUT2D eigenvalue weighted by molar-refractivity contribution is -0.123. The molecule has 0 saturated heterocycles. The van der Waals surface area contributed by atoms with Gasteiger partial charge in [-0.05, 0) is 17.7 Å². The number of carbonyl (C=O) groups is 1. The van der Waals surface area contributed by atoms with Gasteiger partial charge in [0.15, 0.2) is 6.61 Å². The molecule has 21 heavy (non-hydrogen) atoms. The van der Waals surface area contributed by atoms with E-state index in [1.165, 1.54) is 0 Å². The monoisotopic (exact) mass is 285 g/mol. The molecule has 0 saturated carbocycles. The SMILES string of the molecule is O=C(COc1ccccc1)NCCOCc1ccccc1. The lowest BCUT2D eigenvalue weighted by atomic mass is 10.2. The molecule has 0 aliphatic rings. The van der Waals surface area contributed by atoms with Gasteiger partial charge in [-0.15, -0.1) is 0 Å². The summed E-state index contributed by atoms with van der Waals surface area (Å²) in [6.07, 6.45) is 0. The van der Waals surface area contributed by atoms with Crippen LogP contribution >= 0.6 is 0 Å². The molecule has 0 atom stereocenters. The fourth-order valence-corrected chi connectivity index (χ4v) is 1.74. The molecule has 0 aromatic heterocycles. The molecule has 4 nitrogen and oxygen atoms in total. The zero-order chi connectivity index (χ0) is 14.8. The molecule has 0 aliphatic heterocycles. The molecule has 0 heterocycles. The lowest BCUT2D eigenvalue weighted by Gasteiger charge is -2.08. The third kappa shape index (κ3) is 6.10. The molecule has 0 unspecified atom stereocenters. The predicted octanol–water partition coefficient (Wildman–Crippen LogP) is 2.40. The highest BCUT2D eigenvalue weighted by Gasteiger charge is 2.01. The van der Waals surface area contributed by atoms with E-state index in [2.05, 4.69) is 5.32 Å². The first-order valence-corrected chi connectivity index (χ1v) is 6.91. The molecular formula is C17H19NO3. The zero-order valence-corrected chi connectivity index (χ0v) is 11.8. The molecule has 0 fully saturated rings. The highest BCUT2D eigenvalue weighted by molar-refractivity contribution is 5.77. The Bertz CT molecular complexity index is 528. The number of hydrogen-bond donors (Lipinski definition) is 1. The maximum Gasteiger partial charge on any atom is 0.258 e. The first kappa shape index (κ1) is 15.1. The summed E-state index contributed by atoms with van der Waals surface area (Å²) in [5.41, 5.74) is 1.12. The molecule has 0 radical (unpaired) electrons. The van der Waals surface area contributed by atoms with Crippen LogP contribution in [-0.2, 0) is 16.1 Å². The van der Waals surface area contributed by atoms with Crippen molar-refractivity contribution in [3.8, 4) is 5.75 Å². The molecular weight excluding hydrogens is 266 g/mol. The second kappa shape index (κ2) is 8.76. The first-order valence-electron chi connectivity index (χ1n) is 6.91. The zero-order valence-electron chi connectivity index (χ0n) is 11.8. The minimum atomic E-state index is -0.151. The van der Waals surface area contributed by atoms with Crippen molar-refractivity contribution in [3.63, 3.8) is 0 Å². The molecule has 0 spiro atoms. The van der Waals surface area contributed by atoms with Crippen LogP contribution in [0.1, 0.15) is 5.56 Å². The fourth-order valence-electron chi connectivity index (χ4n) is 1.74. The van der Waals surface area contributed by atoms with Gasteiger partial charge in [-0.2, -0.15) is 0 Å². The topological polar surface area (TPSA) is 47.6 Å². The quantitative estimate of drug-likeness (QED) is 0.758. The summed E-state index contributed by atoms with van der Waals surface area (Å²) in [6.45, 7) is 1.52. The van der Waals surface area contributed by atoms with Crippen LogP contribution < -0.4 is 10.1 Å².